The van der Waals surface area contributed by atoms with Crippen LogP contribution in [0, 0.1) is 11.6 Å². The number of nitrogens with one attached hydrogen (secondary N) is 1. The van der Waals surface area contributed by atoms with Crippen molar-refractivity contribution in [1.82, 2.24) is 5.43 Å². The maximum absolute atomic E-state index is 13.2. The van der Waals surface area contributed by atoms with Crippen molar-refractivity contribution in [3.63, 3.8) is 0 Å². The van der Waals surface area contributed by atoms with E-state index in [1.54, 1.807) is 0 Å². The maximum atomic E-state index is 13.2. The van der Waals surface area contributed by atoms with Gasteiger partial charge in [0.2, 0.25) is 0 Å². The second kappa shape index (κ2) is 4.44. The summed E-state index contributed by atoms with van der Waals surface area (Å²) in [6, 6.07) is 3.28. The van der Waals surface area contributed by atoms with Crippen LogP contribution in [0.5, 0.6) is 5.75 Å². The highest BCUT2D eigenvalue weighted by Gasteiger charge is 2.31. The van der Waals surface area contributed by atoms with Crippen LogP contribution in [-0.2, 0) is 4.79 Å². The van der Waals surface area contributed by atoms with E-state index in [2.05, 4.69) is 0 Å². The molecule has 0 bridgehead atoms. The molecule has 1 rings (SSSR count). The van der Waals surface area contributed by atoms with Crippen molar-refractivity contribution in [3.8, 4) is 5.75 Å². The van der Waals surface area contributed by atoms with Crippen LogP contribution in [0.3, 0.4) is 0 Å². The molecule has 0 saturated carbocycles. The second-order valence-corrected chi connectivity index (χ2v) is 3.64. The van der Waals surface area contributed by atoms with Gasteiger partial charge in [-0.25, -0.2) is 14.6 Å². The van der Waals surface area contributed by atoms with Crippen LogP contribution in [0.2, 0.25) is 0 Å². The predicted octanol–water partition coefficient (Wildman–Crippen LogP) is 1.11. The van der Waals surface area contributed by atoms with Gasteiger partial charge in [-0.15, -0.1) is 0 Å². The third-order valence-electron chi connectivity index (χ3n) is 1.95. The molecular formula is C10H12F2N2O2. The molecular weight excluding hydrogens is 218 g/mol. The predicted molar refractivity (Wildman–Crippen MR) is 53.4 cm³/mol. The molecule has 0 aliphatic rings. The number of ether oxygens (including phenoxy) is 1. The molecule has 1 aromatic carbocycles. The Hall–Kier alpha value is -1.69. The first-order chi connectivity index (χ1) is 7.38. The summed E-state index contributed by atoms with van der Waals surface area (Å²) in [4.78, 5) is 11.3. The Morgan fingerprint density at radius 3 is 2.31 bits per heavy atom. The van der Waals surface area contributed by atoms with Gasteiger partial charge in [-0.05, 0) is 26.0 Å². The van der Waals surface area contributed by atoms with Gasteiger partial charge in [0.15, 0.2) is 23.0 Å². The number of amides is 1. The smallest absolute Gasteiger partial charge is 0.277 e. The van der Waals surface area contributed by atoms with Crippen molar-refractivity contribution in [2.75, 3.05) is 0 Å². The summed E-state index contributed by atoms with van der Waals surface area (Å²) in [7, 11) is 0. The topological polar surface area (TPSA) is 64.3 Å². The Kier molecular flexibility index (Phi) is 3.44. The van der Waals surface area contributed by atoms with E-state index in [4.69, 9.17) is 10.6 Å². The van der Waals surface area contributed by atoms with E-state index in [0.717, 1.165) is 12.1 Å². The summed E-state index contributed by atoms with van der Waals surface area (Å²) < 4.78 is 31.4. The first kappa shape index (κ1) is 12.4. The standard InChI is InChI=1S/C10H12F2N2O2/c1-10(2,9(15)14-13)16-8-6(11)4-3-5-7(8)12/h3-5H,13H2,1-2H3,(H,14,15). The minimum Gasteiger partial charge on any atom is -0.472 e. The molecule has 4 nitrogen and oxygen atoms in total. The molecule has 0 unspecified atom stereocenters. The van der Waals surface area contributed by atoms with Gasteiger partial charge in [0.05, 0.1) is 0 Å². The Balaban J connectivity index is 3.00. The number of nitrogens with two attached hydrogens (primary N) is 1. The number of carbonyl (C=O) groups is 1. The largest absolute Gasteiger partial charge is 0.472 e. The van der Waals surface area contributed by atoms with Crippen LogP contribution >= 0.6 is 0 Å². The van der Waals surface area contributed by atoms with E-state index in [-0.39, 0.29) is 0 Å². The fourth-order valence-corrected chi connectivity index (χ4v) is 1.06. The number of para-hydroxylation sites is 1. The zero-order valence-electron chi connectivity index (χ0n) is 8.88. The lowest BCUT2D eigenvalue weighted by Gasteiger charge is -2.24. The fraction of sp³-hybridized carbons (Fsp3) is 0.300. The molecule has 3 N–H and O–H groups in total. The number of rotatable bonds is 3. The molecule has 0 radical (unpaired) electrons. The van der Waals surface area contributed by atoms with Crippen molar-refractivity contribution in [2.45, 2.75) is 19.4 Å². The summed E-state index contributed by atoms with van der Waals surface area (Å²) in [6.07, 6.45) is 0. The fourth-order valence-electron chi connectivity index (χ4n) is 1.06. The summed E-state index contributed by atoms with van der Waals surface area (Å²) in [5.74, 6) is 1.88. The lowest BCUT2D eigenvalue weighted by atomic mass is 10.1. The highest BCUT2D eigenvalue weighted by Crippen LogP contribution is 2.25. The van der Waals surface area contributed by atoms with E-state index < -0.39 is 28.9 Å². The average Bonchev–Trinajstić information content (AvgIpc) is 2.22. The highest BCUT2D eigenvalue weighted by molar-refractivity contribution is 5.84. The molecule has 1 aromatic rings. The summed E-state index contributed by atoms with van der Waals surface area (Å²) in [6.45, 7) is 2.70. The normalized spacial score (nSPS) is 11.1. The maximum Gasteiger partial charge on any atom is 0.277 e. The summed E-state index contributed by atoms with van der Waals surface area (Å²) in [5.41, 5.74) is 0.395. The van der Waals surface area contributed by atoms with Gasteiger partial charge >= 0.3 is 0 Å². The van der Waals surface area contributed by atoms with Crippen LogP contribution in [0.1, 0.15) is 13.8 Å². The number of hydrogen-bond donors (Lipinski definition) is 2. The first-order valence-corrected chi connectivity index (χ1v) is 4.52. The molecule has 0 aliphatic carbocycles. The van der Waals surface area contributed by atoms with E-state index >= 15 is 0 Å². The van der Waals surface area contributed by atoms with Crippen LogP contribution < -0.4 is 16.0 Å². The number of carbonyl (C=O) groups excluding carboxylic acids is 1. The van der Waals surface area contributed by atoms with Gasteiger partial charge in [-0.3, -0.25) is 10.2 Å². The molecule has 0 fully saturated rings. The van der Waals surface area contributed by atoms with Gasteiger partial charge in [0.25, 0.3) is 5.91 Å². The SMILES string of the molecule is CC(C)(Oc1c(F)cccc1F)C(=O)NN. The Morgan fingerprint density at radius 2 is 1.88 bits per heavy atom. The zero-order chi connectivity index (χ0) is 12.3. The van der Waals surface area contributed by atoms with E-state index in [1.165, 1.54) is 19.9 Å². The monoisotopic (exact) mass is 230 g/mol. The minimum absolute atomic E-state index is 0.601. The van der Waals surface area contributed by atoms with Crippen LogP contribution in [0.4, 0.5) is 8.78 Å². The molecule has 0 aromatic heterocycles. The molecule has 6 heteroatoms. The molecule has 16 heavy (non-hydrogen) atoms. The van der Waals surface area contributed by atoms with Crippen molar-refractivity contribution in [2.24, 2.45) is 5.84 Å². The Bertz CT molecular complexity index is 388. The van der Waals surface area contributed by atoms with Crippen molar-refractivity contribution in [3.05, 3.63) is 29.8 Å². The summed E-state index contributed by atoms with van der Waals surface area (Å²) >= 11 is 0. The van der Waals surface area contributed by atoms with Crippen LogP contribution in [0.25, 0.3) is 0 Å². The molecule has 88 valence electrons. The molecule has 0 heterocycles. The Labute approximate surface area is 91.4 Å². The molecule has 0 aliphatic heterocycles. The lowest BCUT2D eigenvalue weighted by Crippen LogP contribution is -2.49. The van der Waals surface area contributed by atoms with E-state index in [9.17, 15) is 13.6 Å². The van der Waals surface area contributed by atoms with Gasteiger partial charge in [-0.1, -0.05) is 6.07 Å². The number of hydrazine groups is 1. The zero-order valence-corrected chi connectivity index (χ0v) is 8.88. The minimum atomic E-state index is -1.46. The average molecular weight is 230 g/mol. The van der Waals surface area contributed by atoms with Gasteiger partial charge in [0, 0.05) is 0 Å². The number of halogens is 2. The molecule has 0 spiro atoms. The third-order valence-corrected chi connectivity index (χ3v) is 1.95. The molecule has 0 saturated heterocycles. The van der Waals surface area contributed by atoms with Gasteiger partial charge in [-0.2, -0.15) is 0 Å². The third kappa shape index (κ3) is 2.46. The molecule has 0 atom stereocenters. The Morgan fingerprint density at radius 1 is 1.38 bits per heavy atom. The lowest BCUT2D eigenvalue weighted by molar-refractivity contribution is -0.134. The molecule has 1 amide bonds. The van der Waals surface area contributed by atoms with Crippen LogP contribution in [-0.4, -0.2) is 11.5 Å². The number of hydrogen-bond acceptors (Lipinski definition) is 3. The van der Waals surface area contributed by atoms with Gasteiger partial charge < -0.3 is 4.74 Å². The highest BCUT2D eigenvalue weighted by atomic mass is 19.1. The van der Waals surface area contributed by atoms with E-state index in [1.807, 2.05) is 5.43 Å². The van der Waals surface area contributed by atoms with E-state index in [0.29, 0.717) is 0 Å². The van der Waals surface area contributed by atoms with Crippen molar-refractivity contribution in [1.29, 1.82) is 0 Å². The van der Waals surface area contributed by atoms with Crippen molar-refractivity contribution < 1.29 is 18.3 Å². The van der Waals surface area contributed by atoms with Gasteiger partial charge in [0.1, 0.15) is 0 Å². The second-order valence-electron chi connectivity index (χ2n) is 3.64. The van der Waals surface area contributed by atoms with Crippen molar-refractivity contribution >= 4 is 5.91 Å². The number of benzene rings is 1. The summed E-state index contributed by atoms with van der Waals surface area (Å²) in [5, 5.41) is 0. The quantitative estimate of drug-likeness (QED) is 0.464. The first-order valence-electron chi connectivity index (χ1n) is 4.52. The van der Waals surface area contributed by atoms with Crippen LogP contribution in [0.15, 0.2) is 18.2 Å².